The molecule has 3 N–H and O–H groups in total. The predicted octanol–water partition coefficient (Wildman–Crippen LogP) is -0.667. The lowest BCUT2D eigenvalue weighted by molar-refractivity contribution is -0.134. The summed E-state index contributed by atoms with van der Waals surface area (Å²) in [6.07, 6.45) is 1.27. The molecule has 0 spiro atoms. The van der Waals surface area contributed by atoms with E-state index in [1.54, 1.807) is 28.1 Å². The van der Waals surface area contributed by atoms with Gasteiger partial charge in [0.05, 0.1) is 6.04 Å². The minimum Gasteiger partial charge on any atom is -0.385 e. The van der Waals surface area contributed by atoms with Gasteiger partial charge >= 0.3 is 0 Å². The minimum atomic E-state index is -0.595. The van der Waals surface area contributed by atoms with Crippen molar-refractivity contribution < 1.29 is 14.3 Å². The van der Waals surface area contributed by atoms with Crippen LogP contribution in [0.1, 0.15) is 19.8 Å². The summed E-state index contributed by atoms with van der Waals surface area (Å²) >= 11 is 0. The number of ether oxygens (including phenoxy) is 1. The second kappa shape index (κ2) is 8.03. The lowest BCUT2D eigenvalue weighted by Crippen LogP contribution is -2.49. The summed E-state index contributed by atoms with van der Waals surface area (Å²) in [6.45, 7) is 2.22. The molecule has 100 valence electrons. The van der Waals surface area contributed by atoms with Gasteiger partial charge in [0.25, 0.3) is 0 Å². The number of nitrogens with one attached hydrogen (secondary N) is 1. The highest BCUT2D eigenvalue weighted by molar-refractivity contribution is 5.89. The van der Waals surface area contributed by atoms with Gasteiger partial charge in [0.1, 0.15) is 6.04 Å². The van der Waals surface area contributed by atoms with Gasteiger partial charge in [-0.25, -0.2) is 0 Å². The zero-order valence-corrected chi connectivity index (χ0v) is 11.0. The number of carbonyl (C=O) groups excluding carboxylic acids is 2. The average molecular weight is 245 g/mol. The number of hydrogen-bond donors (Lipinski definition) is 2. The van der Waals surface area contributed by atoms with Crippen molar-refractivity contribution in [2.45, 2.75) is 31.8 Å². The molecule has 0 aromatic heterocycles. The second-order valence-corrected chi connectivity index (χ2v) is 4.20. The topological polar surface area (TPSA) is 84.7 Å². The van der Waals surface area contributed by atoms with E-state index in [0.717, 1.165) is 6.42 Å². The lowest BCUT2D eigenvalue weighted by Gasteiger charge is -2.20. The molecule has 0 aromatic carbocycles. The van der Waals surface area contributed by atoms with Gasteiger partial charge in [-0.2, -0.15) is 0 Å². The van der Waals surface area contributed by atoms with Crippen LogP contribution >= 0.6 is 0 Å². The summed E-state index contributed by atoms with van der Waals surface area (Å²) in [6, 6.07) is -1.14. The highest BCUT2D eigenvalue weighted by Gasteiger charge is 2.20. The fourth-order valence-corrected chi connectivity index (χ4v) is 1.35. The van der Waals surface area contributed by atoms with Crippen LogP contribution in [0.2, 0.25) is 0 Å². The minimum absolute atomic E-state index is 0.151. The molecule has 6 nitrogen and oxygen atoms in total. The predicted molar refractivity (Wildman–Crippen MR) is 65.4 cm³/mol. The Kier molecular flexibility index (Phi) is 7.49. The molecule has 0 saturated heterocycles. The standard InChI is InChI=1S/C11H23N3O3/c1-8(11(16)14(2)3)13-10(15)9(12)6-5-7-17-4/h8-9H,5-7,12H2,1-4H3,(H,13,15). The number of likely N-dealkylation sites (N-methyl/N-ethyl adjacent to an activating group) is 1. The molecule has 0 heterocycles. The van der Waals surface area contributed by atoms with Crippen LogP contribution in [0.4, 0.5) is 0 Å². The van der Waals surface area contributed by atoms with E-state index in [-0.39, 0.29) is 11.8 Å². The molecule has 0 aliphatic carbocycles. The second-order valence-electron chi connectivity index (χ2n) is 4.20. The van der Waals surface area contributed by atoms with Crippen LogP contribution in [0.5, 0.6) is 0 Å². The van der Waals surface area contributed by atoms with Gasteiger partial charge < -0.3 is 20.7 Å². The quantitative estimate of drug-likeness (QED) is 0.583. The molecule has 0 bridgehead atoms. The fourth-order valence-electron chi connectivity index (χ4n) is 1.35. The van der Waals surface area contributed by atoms with Gasteiger partial charge in [0.15, 0.2) is 0 Å². The first-order chi connectivity index (χ1) is 7.90. The van der Waals surface area contributed by atoms with Gasteiger partial charge in [0, 0.05) is 27.8 Å². The van der Waals surface area contributed by atoms with E-state index in [4.69, 9.17) is 10.5 Å². The maximum atomic E-state index is 11.6. The molecule has 0 aliphatic rings. The highest BCUT2D eigenvalue weighted by Crippen LogP contribution is 1.97. The monoisotopic (exact) mass is 245 g/mol. The van der Waals surface area contributed by atoms with Gasteiger partial charge in [-0.15, -0.1) is 0 Å². The van der Waals surface area contributed by atoms with Crippen LogP contribution in [-0.2, 0) is 14.3 Å². The van der Waals surface area contributed by atoms with Crippen molar-refractivity contribution in [2.75, 3.05) is 27.8 Å². The van der Waals surface area contributed by atoms with Crippen LogP contribution in [0.15, 0.2) is 0 Å². The van der Waals surface area contributed by atoms with Crippen molar-refractivity contribution in [3.63, 3.8) is 0 Å². The van der Waals surface area contributed by atoms with Crippen LogP contribution in [-0.4, -0.2) is 56.6 Å². The highest BCUT2D eigenvalue weighted by atomic mass is 16.5. The van der Waals surface area contributed by atoms with E-state index < -0.39 is 12.1 Å². The normalized spacial score (nSPS) is 13.9. The summed E-state index contributed by atoms with van der Waals surface area (Å²) in [5, 5.41) is 2.59. The molecule has 0 saturated carbocycles. The number of hydrogen-bond acceptors (Lipinski definition) is 4. The van der Waals surface area contributed by atoms with Crippen LogP contribution in [0.25, 0.3) is 0 Å². The van der Waals surface area contributed by atoms with Gasteiger partial charge in [-0.05, 0) is 19.8 Å². The van der Waals surface area contributed by atoms with Gasteiger partial charge in [-0.3, -0.25) is 9.59 Å². The van der Waals surface area contributed by atoms with E-state index in [1.807, 2.05) is 0 Å². The Balaban J connectivity index is 4.02. The van der Waals surface area contributed by atoms with Crippen molar-refractivity contribution >= 4 is 11.8 Å². The summed E-state index contributed by atoms with van der Waals surface area (Å²) in [4.78, 5) is 24.6. The summed E-state index contributed by atoms with van der Waals surface area (Å²) in [5.74, 6) is -0.453. The first-order valence-corrected chi connectivity index (χ1v) is 5.66. The third-order valence-electron chi connectivity index (χ3n) is 2.37. The van der Waals surface area contributed by atoms with Crippen LogP contribution in [0, 0.1) is 0 Å². The third-order valence-corrected chi connectivity index (χ3v) is 2.37. The molecular formula is C11H23N3O3. The van der Waals surface area contributed by atoms with E-state index in [9.17, 15) is 9.59 Å². The maximum Gasteiger partial charge on any atom is 0.244 e. The molecule has 0 radical (unpaired) electrons. The molecule has 0 aromatic rings. The Morgan fingerprint density at radius 2 is 2.00 bits per heavy atom. The first-order valence-electron chi connectivity index (χ1n) is 5.66. The van der Waals surface area contributed by atoms with Crippen molar-refractivity contribution in [3.05, 3.63) is 0 Å². The first kappa shape index (κ1) is 15.9. The summed E-state index contributed by atoms with van der Waals surface area (Å²) < 4.78 is 4.87. The average Bonchev–Trinajstić information content (AvgIpc) is 2.27. The number of amides is 2. The number of rotatable bonds is 7. The molecule has 6 heteroatoms. The third kappa shape index (κ3) is 6.23. The zero-order chi connectivity index (χ0) is 13.4. The van der Waals surface area contributed by atoms with Crippen molar-refractivity contribution in [1.29, 1.82) is 0 Å². The number of carbonyl (C=O) groups is 2. The molecule has 0 rings (SSSR count). The molecule has 2 unspecified atom stereocenters. The maximum absolute atomic E-state index is 11.6. The molecular weight excluding hydrogens is 222 g/mol. The molecule has 2 atom stereocenters. The summed E-state index contributed by atoms with van der Waals surface area (Å²) in [7, 11) is 4.89. The molecule has 17 heavy (non-hydrogen) atoms. The Bertz CT molecular complexity index is 256. The summed E-state index contributed by atoms with van der Waals surface area (Å²) in [5.41, 5.74) is 5.69. The van der Waals surface area contributed by atoms with Gasteiger partial charge in [-0.1, -0.05) is 0 Å². The van der Waals surface area contributed by atoms with Crippen molar-refractivity contribution in [3.8, 4) is 0 Å². The smallest absolute Gasteiger partial charge is 0.244 e. The molecule has 0 aliphatic heterocycles. The lowest BCUT2D eigenvalue weighted by atomic mass is 10.1. The number of nitrogens with zero attached hydrogens (tertiary/aromatic N) is 1. The zero-order valence-electron chi connectivity index (χ0n) is 11.0. The Hall–Kier alpha value is -1.14. The van der Waals surface area contributed by atoms with Crippen molar-refractivity contribution in [2.24, 2.45) is 5.73 Å². The Labute approximate surface area is 102 Å². The molecule has 0 fully saturated rings. The number of nitrogens with two attached hydrogens (primary N) is 1. The van der Waals surface area contributed by atoms with E-state index >= 15 is 0 Å². The molecule has 2 amide bonds. The Morgan fingerprint density at radius 1 is 1.41 bits per heavy atom. The van der Waals surface area contributed by atoms with E-state index in [2.05, 4.69) is 5.32 Å². The number of methoxy groups -OCH3 is 1. The van der Waals surface area contributed by atoms with Gasteiger partial charge in [0.2, 0.25) is 11.8 Å². The van der Waals surface area contributed by atoms with Crippen LogP contribution < -0.4 is 11.1 Å². The Morgan fingerprint density at radius 3 is 2.47 bits per heavy atom. The van der Waals surface area contributed by atoms with Crippen LogP contribution in [0.3, 0.4) is 0 Å². The van der Waals surface area contributed by atoms with E-state index in [1.165, 1.54) is 4.90 Å². The fraction of sp³-hybridized carbons (Fsp3) is 0.818. The van der Waals surface area contributed by atoms with Crippen molar-refractivity contribution in [1.82, 2.24) is 10.2 Å². The van der Waals surface area contributed by atoms with E-state index in [0.29, 0.717) is 13.0 Å². The SMILES string of the molecule is COCCCC(N)C(=O)NC(C)C(=O)N(C)C. The largest absolute Gasteiger partial charge is 0.385 e.